The maximum atomic E-state index is 7.10. The molecule has 16 valence electrons. The molecule has 0 spiro atoms. The van der Waals surface area contributed by atoms with E-state index < -0.39 is 0 Å². The topological polar surface area (TPSA) is 49.8 Å². The van der Waals surface area contributed by atoms with Crippen molar-refractivity contribution in [1.29, 1.82) is 5.26 Å². The SMILES string of the molecule is N#CN.[H+].[Na+]. The summed E-state index contributed by atoms with van der Waals surface area (Å²) in [5, 5.41) is 7.10. The Morgan fingerprint density at radius 3 is 2.00 bits per heavy atom. The molecule has 0 heterocycles. The van der Waals surface area contributed by atoms with E-state index in [0.717, 1.165) is 0 Å². The van der Waals surface area contributed by atoms with Gasteiger partial charge in [0.25, 0.3) is 0 Å². The van der Waals surface area contributed by atoms with Crippen molar-refractivity contribution in [3.05, 3.63) is 0 Å². The van der Waals surface area contributed by atoms with Crippen LogP contribution in [0.4, 0.5) is 0 Å². The molecule has 0 amide bonds. The summed E-state index contributed by atoms with van der Waals surface area (Å²) in [6.45, 7) is 0. The first-order valence-corrected chi connectivity index (χ1v) is 0.512. The van der Waals surface area contributed by atoms with E-state index in [9.17, 15) is 0 Å². The Morgan fingerprint density at radius 2 is 2.00 bits per heavy atom. The van der Waals surface area contributed by atoms with Crippen molar-refractivity contribution in [2.45, 2.75) is 0 Å². The Kier molecular flexibility index (Phi) is 23.0. The third-order valence-electron chi connectivity index (χ3n) is 0. The second-order valence-corrected chi connectivity index (χ2v) is 0.129. The van der Waals surface area contributed by atoms with Gasteiger partial charge in [-0.2, -0.15) is 5.26 Å². The fourth-order valence-corrected chi connectivity index (χ4v) is 0. The van der Waals surface area contributed by atoms with E-state index in [4.69, 9.17) is 5.26 Å². The van der Waals surface area contributed by atoms with Crippen LogP contribution in [0.15, 0.2) is 0 Å². The zero-order valence-electron chi connectivity index (χ0n) is 3.52. The van der Waals surface area contributed by atoms with Gasteiger partial charge in [0.2, 0.25) is 0 Å². The Balaban J connectivity index is -0.0000000200. The van der Waals surface area contributed by atoms with Crippen LogP contribution in [0.2, 0.25) is 0 Å². The van der Waals surface area contributed by atoms with Gasteiger partial charge >= 0.3 is 31.0 Å². The predicted molar refractivity (Wildman–Crippen MR) is 10.9 cm³/mol. The smallest absolute Gasteiger partial charge is 0.337 e. The van der Waals surface area contributed by atoms with Crippen LogP contribution in [0.25, 0.3) is 0 Å². The fraction of sp³-hybridized carbons (Fsp3) is 0. The third-order valence-corrected chi connectivity index (χ3v) is 0. The average Bonchev–Trinajstić information content (AvgIpc) is 0.918. The van der Waals surface area contributed by atoms with Crippen molar-refractivity contribution >= 4 is 0 Å². The van der Waals surface area contributed by atoms with E-state index in [1.165, 1.54) is 6.19 Å². The Bertz CT molecular complexity index is 31.1. The maximum absolute atomic E-state index is 7.10. The van der Waals surface area contributed by atoms with Gasteiger partial charge in [-0.15, -0.1) is 0 Å². The van der Waals surface area contributed by atoms with Crippen molar-refractivity contribution in [3.63, 3.8) is 0 Å². The van der Waals surface area contributed by atoms with E-state index in [1.54, 1.807) is 0 Å². The summed E-state index contributed by atoms with van der Waals surface area (Å²) in [5.41, 5.74) is 4.15. The molecule has 0 saturated heterocycles. The molecule has 0 rings (SSSR count). The summed E-state index contributed by atoms with van der Waals surface area (Å²) in [5.74, 6) is 0. The number of nitrogens with zero attached hydrogens (tertiary/aromatic N) is 1. The summed E-state index contributed by atoms with van der Waals surface area (Å²) in [4.78, 5) is 0. The molecule has 0 aromatic heterocycles. The number of nitrogens with two attached hydrogens (primary N) is 1. The first-order chi connectivity index (χ1) is 1.41. The molecule has 0 saturated carbocycles. The van der Waals surface area contributed by atoms with E-state index in [0.29, 0.717) is 0 Å². The van der Waals surface area contributed by atoms with Crippen LogP contribution >= 0.6 is 0 Å². The van der Waals surface area contributed by atoms with E-state index in [2.05, 4.69) is 5.73 Å². The molecule has 3 heteroatoms. The molecular weight excluding hydrogens is 63.0 g/mol. The summed E-state index contributed by atoms with van der Waals surface area (Å²) in [6, 6.07) is 0. The molecular formula is CH3N2Na+2. The Labute approximate surface area is 48.4 Å². The van der Waals surface area contributed by atoms with Crippen molar-refractivity contribution in [2.24, 2.45) is 5.73 Å². The summed E-state index contributed by atoms with van der Waals surface area (Å²) in [6.07, 6.45) is 1.25. The van der Waals surface area contributed by atoms with Crippen LogP contribution in [0.1, 0.15) is 1.43 Å². The zero-order valence-corrected chi connectivity index (χ0v) is 4.52. The summed E-state index contributed by atoms with van der Waals surface area (Å²) in [7, 11) is 0. The fourth-order valence-electron chi connectivity index (χ4n) is 0. The van der Waals surface area contributed by atoms with Crippen molar-refractivity contribution in [3.8, 4) is 6.19 Å². The van der Waals surface area contributed by atoms with Gasteiger partial charge in [-0.25, -0.2) is 0 Å². The monoisotopic (exact) mass is 66.0 g/mol. The van der Waals surface area contributed by atoms with E-state index in [1.807, 2.05) is 0 Å². The normalized spacial score (nSPS) is 1.75. The first-order valence-electron chi connectivity index (χ1n) is 0.512. The molecule has 0 aliphatic rings. The maximum Gasteiger partial charge on any atom is 1.00 e. The van der Waals surface area contributed by atoms with Gasteiger partial charge in [-0.1, -0.05) is 0 Å². The molecule has 0 aromatic rings. The Hall–Kier alpha value is 0.290. The first kappa shape index (κ1) is 8.85. The number of hydrogen-bond donors (Lipinski definition) is 1. The van der Waals surface area contributed by atoms with Gasteiger partial charge in [0.05, 0.1) is 0 Å². The van der Waals surface area contributed by atoms with Gasteiger partial charge in [0, 0.05) is 0 Å². The van der Waals surface area contributed by atoms with Gasteiger partial charge in [0.1, 0.15) is 0 Å². The molecule has 0 aromatic carbocycles. The third kappa shape index (κ3) is 45.3. The van der Waals surface area contributed by atoms with Gasteiger partial charge in [-0.3, -0.25) is 0 Å². The molecule has 0 radical (unpaired) electrons. The minimum Gasteiger partial charge on any atom is -0.337 e. The van der Waals surface area contributed by atoms with Crippen LogP contribution < -0.4 is 35.3 Å². The van der Waals surface area contributed by atoms with Crippen molar-refractivity contribution < 1.29 is 31.0 Å². The average molecular weight is 66.0 g/mol. The molecule has 0 aliphatic carbocycles. The molecule has 0 aliphatic heterocycles. The number of rotatable bonds is 0. The summed E-state index contributed by atoms with van der Waals surface area (Å²) >= 11 is 0. The van der Waals surface area contributed by atoms with E-state index in [-0.39, 0.29) is 31.0 Å². The van der Waals surface area contributed by atoms with Crippen LogP contribution in [-0.2, 0) is 0 Å². The number of nitriles is 1. The second kappa shape index (κ2) is 10.4. The zero-order chi connectivity index (χ0) is 2.71. The molecule has 2 N–H and O–H groups in total. The minimum absolute atomic E-state index is 0. The van der Waals surface area contributed by atoms with Gasteiger partial charge < -0.3 is 5.73 Å². The number of hydrogen-bond acceptors (Lipinski definition) is 2. The standard InChI is InChI=1S/CH2N2.Na/c2-1-3;/h2H2;/q;+1/p+1. The van der Waals surface area contributed by atoms with Crippen LogP contribution in [0.5, 0.6) is 0 Å². The molecule has 4 heavy (non-hydrogen) atoms. The van der Waals surface area contributed by atoms with Crippen LogP contribution in [0, 0.1) is 11.5 Å². The predicted octanol–water partition coefficient (Wildman–Crippen LogP) is -3.46. The van der Waals surface area contributed by atoms with Crippen LogP contribution in [0.3, 0.4) is 0 Å². The molecule has 2 nitrogen and oxygen atoms in total. The largest absolute Gasteiger partial charge is 1.00 e. The minimum atomic E-state index is 0. The molecule has 0 unspecified atom stereocenters. The summed E-state index contributed by atoms with van der Waals surface area (Å²) < 4.78 is 0. The van der Waals surface area contributed by atoms with Gasteiger partial charge in [-0.05, 0) is 0 Å². The molecule has 0 bridgehead atoms. The van der Waals surface area contributed by atoms with Gasteiger partial charge in [0.15, 0.2) is 6.19 Å². The van der Waals surface area contributed by atoms with E-state index >= 15 is 0 Å². The van der Waals surface area contributed by atoms with Crippen molar-refractivity contribution in [1.82, 2.24) is 0 Å². The van der Waals surface area contributed by atoms with Crippen molar-refractivity contribution in [2.75, 3.05) is 0 Å². The molecule has 0 fully saturated rings. The Morgan fingerprint density at radius 1 is 2.00 bits per heavy atom. The quantitative estimate of drug-likeness (QED) is 0.181. The second-order valence-electron chi connectivity index (χ2n) is 0.129. The molecule has 0 atom stereocenters. The van der Waals surface area contributed by atoms with Crippen LogP contribution in [-0.4, -0.2) is 0 Å².